The molecule has 2 N–H and O–H groups in total. The van der Waals surface area contributed by atoms with Crippen LogP contribution in [-0.4, -0.2) is 18.0 Å². The molecular formula is C15H29N3O2S. The van der Waals surface area contributed by atoms with Gasteiger partial charge in [0.05, 0.1) is 6.33 Å². The number of hydrogen-bond donors (Lipinski definition) is 1. The number of primary sulfonamides is 1. The van der Waals surface area contributed by atoms with Crippen molar-refractivity contribution in [2.45, 2.75) is 82.7 Å². The zero-order chi connectivity index (χ0) is 15.6. The van der Waals surface area contributed by atoms with Crippen molar-refractivity contribution in [3.63, 3.8) is 0 Å². The van der Waals surface area contributed by atoms with Gasteiger partial charge in [-0.15, -0.1) is 0 Å². The van der Waals surface area contributed by atoms with Gasteiger partial charge in [0.2, 0.25) is 0 Å². The second-order valence-electron chi connectivity index (χ2n) is 5.68. The van der Waals surface area contributed by atoms with E-state index in [2.05, 4.69) is 11.9 Å². The first kappa shape index (κ1) is 18.2. The lowest BCUT2D eigenvalue weighted by atomic mass is 10.1. The summed E-state index contributed by atoms with van der Waals surface area (Å²) < 4.78 is 24.0. The van der Waals surface area contributed by atoms with Crippen molar-refractivity contribution < 1.29 is 8.42 Å². The Bertz CT molecular complexity index is 483. The van der Waals surface area contributed by atoms with Crippen LogP contribution in [0.2, 0.25) is 0 Å². The number of rotatable bonds is 12. The van der Waals surface area contributed by atoms with Gasteiger partial charge in [-0.25, -0.2) is 18.5 Å². The molecule has 0 aromatic carbocycles. The minimum atomic E-state index is -3.67. The Morgan fingerprint density at radius 3 is 2.00 bits per heavy atom. The third-order valence-corrected chi connectivity index (χ3v) is 4.46. The lowest BCUT2D eigenvalue weighted by Crippen LogP contribution is -2.12. The van der Waals surface area contributed by atoms with Crippen LogP contribution in [-0.2, 0) is 16.6 Å². The summed E-state index contributed by atoms with van der Waals surface area (Å²) in [7, 11) is -3.67. The molecule has 0 radical (unpaired) electrons. The van der Waals surface area contributed by atoms with Crippen molar-refractivity contribution in [2.24, 2.45) is 5.14 Å². The van der Waals surface area contributed by atoms with Gasteiger partial charge in [0.15, 0.2) is 5.03 Å². The van der Waals surface area contributed by atoms with Crippen LogP contribution in [0.15, 0.2) is 17.6 Å². The molecule has 0 amide bonds. The van der Waals surface area contributed by atoms with E-state index in [-0.39, 0.29) is 5.03 Å². The van der Waals surface area contributed by atoms with Crippen molar-refractivity contribution in [1.29, 1.82) is 0 Å². The average molecular weight is 315 g/mol. The van der Waals surface area contributed by atoms with Gasteiger partial charge >= 0.3 is 0 Å². The number of aromatic nitrogens is 2. The van der Waals surface area contributed by atoms with Crippen molar-refractivity contribution in [3.8, 4) is 0 Å². The number of nitrogens with zero attached hydrogens (tertiary/aromatic N) is 2. The Kier molecular flexibility index (Phi) is 8.61. The Hall–Kier alpha value is -0.880. The fraction of sp³-hybridized carbons (Fsp3) is 0.800. The van der Waals surface area contributed by atoms with Crippen molar-refractivity contribution in [1.82, 2.24) is 9.55 Å². The molecule has 0 spiro atoms. The zero-order valence-electron chi connectivity index (χ0n) is 13.1. The molecule has 5 nitrogen and oxygen atoms in total. The third kappa shape index (κ3) is 8.21. The Balaban J connectivity index is 2.01. The highest BCUT2D eigenvalue weighted by atomic mass is 32.2. The molecule has 21 heavy (non-hydrogen) atoms. The van der Waals surface area contributed by atoms with Crippen LogP contribution in [0.1, 0.15) is 71.1 Å². The standard InChI is InChI=1S/C15H29N3O2S/c1-2-3-4-5-6-7-8-9-10-11-12-18-13-15(17-14-18)21(16,19)20/h13-14H,2-12H2,1H3,(H2,16,19,20). The van der Waals surface area contributed by atoms with Gasteiger partial charge in [-0.2, -0.15) is 0 Å². The van der Waals surface area contributed by atoms with Crippen LogP contribution in [0, 0.1) is 0 Å². The van der Waals surface area contributed by atoms with Gasteiger partial charge in [-0.3, -0.25) is 0 Å². The third-order valence-electron chi connectivity index (χ3n) is 3.67. The minimum absolute atomic E-state index is 0.0467. The maximum atomic E-state index is 11.1. The van der Waals surface area contributed by atoms with Crippen LogP contribution in [0.25, 0.3) is 0 Å². The number of sulfonamides is 1. The second-order valence-corrected chi connectivity index (χ2v) is 7.19. The van der Waals surface area contributed by atoms with E-state index >= 15 is 0 Å². The lowest BCUT2D eigenvalue weighted by molar-refractivity contribution is 0.534. The second kappa shape index (κ2) is 9.95. The smallest absolute Gasteiger partial charge is 0.257 e. The summed E-state index contributed by atoms with van der Waals surface area (Å²) in [6, 6.07) is 0. The van der Waals surface area contributed by atoms with E-state index in [1.54, 1.807) is 4.57 Å². The molecule has 1 aromatic heterocycles. The molecule has 0 aliphatic heterocycles. The van der Waals surface area contributed by atoms with Crippen molar-refractivity contribution >= 4 is 10.0 Å². The zero-order valence-corrected chi connectivity index (χ0v) is 13.9. The molecule has 1 aromatic rings. The summed E-state index contributed by atoms with van der Waals surface area (Å²) in [6.07, 6.45) is 16.0. The molecule has 0 aliphatic carbocycles. The minimum Gasteiger partial charge on any atom is -0.336 e. The van der Waals surface area contributed by atoms with Gasteiger partial charge < -0.3 is 4.57 Å². The highest BCUT2D eigenvalue weighted by molar-refractivity contribution is 7.89. The van der Waals surface area contributed by atoms with Crippen molar-refractivity contribution in [3.05, 3.63) is 12.5 Å². The summed E-state index contributed by atoms with van der Waals surface area (Å²) in [5, 5.41) is 4.97. The quantitative estimate of drug-likeness (QED) is 0.600. The molecule has 1 rings (SSSR count). The van der Waals surface area contributed by atoms with Crippen LogP contribution in [0.4, 0.5) is 0 Å². The molecular weight excluding hydrogens is 286 g/mol. The number of unbranched alkanes of at least 4 members (excludes halogenated alkanes) is 9. The number of aryl methyl sites for hydroxylation is 1. The van der Waals surface area contributed by atoms with Crippen LogP contribution >= 0.6 is 0 Å². The van der Waals surface area contributed by atoms with E-state index < -0.39 is 10.0 Å². The highest BCUT2D eigenvalue weighted by Gasteiger charge is 2.10. The maximum absolute atomic E-state index is 11.1. The normalized spacial score (nSPS) is 11.9. The summed E-state index contributed by atoms with van der Waals surface area (Å²) in [4.78, 5) is 3.80. The molecule has 0 unspecified atom stereocenters. The highest BCUT2D eigenvalue weighted by Crippen LogP contribution is 2.11. The van der Waals surface area contributed by atoms with Crippen molar-refractivity contribution in [2.75, 3.05) is 0 Å². The van der Waals surface area contributed by atoms with Gasteiger partial charge in [0.1, 0.15) is 0 Å². The molecule has 1 heterocycles. The van der Waals surface area contributed by atoms with E-state index in [0.717, 1.165) is 13.0 Å². The van der Waals surface area contributed by atoms with Gasteiger partial charge in [-0.1, -0.05) is 64.7 Å². The Morgan fingerprint density at radius 1 is 1.00 bits per heavy atom. The van der Waals surface area contributed by atoms with E-state index in [0.29, 0.717) is 0 Å². The van der Waals surface area contributed by atoms with Gasteiger partial charge in [0.25, 0.3) is 10.0 Å². The Labute approximate surface area is 129 Å². The first-order valence-corrected chi connectivity index (χ1v) is 9.63. The SMILES string of the molecule is CCCCCCCCCCCCn1cnc(S(N)(=O)=O)c1. The largest absolute Gasteiger partial charge is 0.336 e. The number of imidazole rings is 1. The van der Waals surface area contributed by atoms with E-state index in [1.165, 1.54) is 70.3 Å². The Morgan fingerprint density at radius 2 is 1.52 bits per heavy atom. The molecule has 0 fully saturated rings. The van der Waals surface area contributed by atoms with Crippen LogP contribution in [0.3, 0.4) is 0 Å². The topological polar surface area (TPSA) is 78.0 Å². The molecule has 6 heteroatoms. The summed E-state index contributed by atoms with van der Waals surface area (Å²) >= 11 is 0. The summed E-state index contributed by atoms with van der Waals surface area (Å²) in [6.45, 7) is 3.05. The maximum Gasteiger partial charge on any atom is 0.257 e. The fourth-order valence-electron chi connectivity index (χ4n) is 2.39. The van der Waals surface area contributed by atoms with Gasteiger partial charge in [-0.05, 0) is 6.42 Å². The molecule has 0 bridgehead atoms. The first-order valence-electron chi connectivity index (χ1n) is 8.08. The predicted octanol–water partition coefficient (Wildman–Crippen LogP) is 3.45. The first-order chi connectivity index (χ1) is 10.0. The number of nitrogens with two attached hydrogens (primary N) is 1. The van der Waals surface area contributed by atoms with Gasteiger partial charge in [0, 0.05) is 12.7 Å². The molecule has 0 aliphatic rings. The van der Waals surface area contributed by atoms with E-state index in [4.69, 9.17) is 5.14 Å². The lowest BCUT2D eigenvalue weighted by Gasteiger charge is -2.03. The monoisotopic (exact) mass is 315 g/mol. The average Bonchev–Trinajstić information content (AvgIpc) is 2.90. The summed E-state index contributed by atoms with van der Waals surface area (Å²) in [5.41, 5.74) is 0. The molecule has 0 atom stereocenters. The van der Waals surface area contributed by atoms with E-state index in [1.807, 2.05) is 0 Å². The predicted molar refractivity (Wildman–Crippen MR) is 85.4 cm³/mol. The molecule has 0 saturated heterocycles. The molecule has 122 valence electrons. The van der Waals surface area contributed by atoms with E-state index in [9.17, 15) is 8.42 Å². The number of hydrogen-bond acceptors (Lipinski definition) is 3. The fourth-order valence-corrected chi connectivity index (χ4v) is 2.87. The molecule has 0 saturated carbocycles. The van der Waals surface area contributed by atoms with Crippen LogP contribution in [0.5, 0.6) is 0 Å². The summed E-state index contributed by atoms with van der Waals surface area (Å²) in [5.74, 6) is 0. The van der Waals surface area contributed by atoms with Crippen LogP contribution < -0.4 is 5.14 Å².